The number of hydrogen-bond acceptors (Lipinski definition) is 5. The largest absolute Gasteiger partial charge is 0.378 e. The number of nitrogens with zero attached hydrogens (tertiary/aromatic N) is 2. The van der Waals surface area contributed by atoms with E-state index in [0.717, 1.165) is 77.5 Å². The fraction of sp³-hybridized carbons (Fsp3) is 0.632. The van der Waals surface area contributed by atoms with Crippen molar-refractivity contribution in [1.82, 2.24) is 15.5 Å². The molecule has 1 saturated heterocycles. The minimum atomic E-state index is 0. The van der Waals surface area contributed by atoms with E-state index in [1.54, 1.807) is 0 Å². The van der Waals surface area contributed by atoms with Crippen molar-refractivity contribution in [3.63, 3.8) is 0 Å². The Kier molecular flexibility index (Phi) is 9.57. The molecule has 2 N–H and O–H groups in total. The van der Waals surface area contributed by atoms with E-state index < -0.39 is 0 Å². The van der Waals surface area contributed by atoms with Gasteiger partial charge in [0.1, 0.15) is 0 Å². The summed E-state index contributed by atoms with van der Waals surface area (Å²) in [7, 11) is 0. The minimum absolute atomic E-state index is 0. The third kappa shape index (κ3) is 7.50. The summed E-state index contributed by atoms with van der Waals surface area (Å²) in [5.74, 6) is 0.954. The van der Waals surface area contributed by atoms with Crippen LogP contribution in [-0.2, 0) is 11.3 Å². The van der Waals surface area contributed by atoms with Crippen molar-refractivity contribution in [1.29, 1.82) is 0 Å². The van der Waals surface area contributed by atoms with Gasteiger partial charge in [-0.2, -0.15) is 0 Å². The highest BCUT2D eigenvalue weighted by atomic mass is 127. The zero-order chi connectivity index (χ0) is 16.5. The third-order valence-corrected chi connectivity index (χ3v) is 4.65. The van der Waals surface area contributed by atoms with Crippen LogP contribution in [0.2, 0.25) is 0 Å². The van der Waals surface area contributed by atoms with Gasteiger partial charge in [-0.3, -0.25) is 9.89 Å². The molecule has 0 unspecified atom stereocenters. The van der Waals surface area contributed by atoms with Gasteiger partial charge in [-0.1, -0.05) is 30.3 Å². The Morgan fingerprint density at radius 1 is 1.20 bits per heavy atom. The highest BCUT2D eigenvalue weighted by Crippen LogP contribution is 2.16. The summed E-state index contributed by atoms with van der Waals surface area (Å²) in [6.45, 7) is 7.07. The average molecular weight is 458 g/mol. The first-order valence-electron chi connectivity index (χ1n) is 9.30. The molecule has 2 heterocycles. The maximum Gasteiger partial charge on any atom is 0.191 e. The Hall–Kier alpha value is -0.860. The number of halogens is 1. The summed E-state index contributed by atoms with van der Waals surface area (Å²) in [6.07, 6.45) is 4.90. The van der Waals surface area contributed by atoms with Gasteiger partial charge >= 0.3 is 0 Å². The smallest absolute Gasteiger partial charge is 0.191 e. The Bertz CT molecular complexity index is 503. The summed E-state index contributed by atoms with van der Waals surface area (Å²) in [6, 6.07) is 10.7. The first-order valence-corrected chi connectivity index (χ1v) is 9.30. The quantitative estimate of drug-likeness (QED) is 0.488. The molecule has 5 nitrogen and oxygen atoms in total. The molecule has 3 rings (SSSR count). The highest BCUT2D eigenvalue weighted by Gasteiger charge is 2.19. The summed E-state index contributed by atoms with van der Waals surface area (Å²) in [5, 5.41) is 6.62. The van der Waals surface area contributed by atoms with Gasteiger partial charge in [0.05, 0.1) is 6.10 Å². The van der Waals surface area contributed by atoms with Crippen molar-refractivity contribution in [2.75, 3.05) is 39.3 Å². The molecule has 1 fully saturated rings. The maximum absolute atomic E-state index is 6.04. The fourth-order valence-electron chi connectivity index (χ4n) is 3.26. The lowest BCUT2D eigenvalue weighted by atomic mass is 10.1. The van der Waals surface area contributed by atoms with E-state index >= 15 is 0 Å². The van der Waals surface area contributed by atoms with E-state index in [4.69, 9.17) is 4.74 Å². The molecule has 2 aliphatic rings. The number of hydrogen-bond donors (Lipinski definition) is 2. The van der Waals surface area contributed by atoms with E-state index in [0.29, 0.717) is 6.10 Å². The number of ether oxygens (including phenoxy) is 1. The molecule has 25 heavy (non-hydrogen) atoms. The van der Waals surface area contributed by atoms with E-state index in [2.05, 4.69) is 50.9 Å². The van der Waals surface area contributed by atoms with E-state index in [1.807, 2.05) is 0 Å². The molecule has 0 bridgehead atoms. The predicted molar refractivity (Wildman–Crippen MR) is 114 cm³/mol. The summed E-state index contributed by atoms with van der Waals surface area (Å²) in [5.41, 5.74) is 1.40. The second-order valence-electron chi connectivity index (χ2n) is 6.62. The summed E-state index contributed by atoms with van der Waals surface area (Å²) >= 11 is 0. The second kappa shape index (κ2) is 11.7. The van der Waals surface area contributed by atoms with Crippen molar-refractivity contribution < 1.29 is 4.74 Å². The zero-order valence-electron chi connectivity index (χ0n) is 15.0. The van der Waals surface area contributed by atoms with Crippen molar-refractivity contribution in [3.05, 3.63) is 35.9 Å². The molecule has 1 aromatic rings. The van der Waals surface area contributed by atoms with Crippen LogP contribution in [0, 0.1) is 0 Å². The molecule has 0 aliphatic carbocycles. The van der Waals surface area contributed by atoms with Crippen LogP contribution in [0.1, 0.15) is 31.2 Å². The van der Waals surface area contributed by atoms with Crippen molar-refractivity contribution in [3.8, 4) is 0 Å². The molecule has 0 radical (unpaired) electrons. The normalized spacial score (nSPS) is 18.8. The molecular formula is C19H31IN4O. The van der Waals surface area contributed by atoms with Crippen LogP contribution in [-0.4, -0.2) is 56.3 Å². The lowest BCUT2D eigenvalue weighted by Gasteiger charge is -2.32. The first-order chi connectivity index (χ1) is 11.9. The lowest BCUT2D eigenvalue weighted by Crippen LogP contribution is -2.41. The van der Waals surface area contributed by atoms with Gasteiger partial charge in [0.15, 0.2) is 5.96 Å². The fourth-order valence-corrected chi connectivity index (χ4v) is 3.26. The second-order valence-corrected chi connectivity index (χ2v) is 6.62. The van der Waals surface area contributed by atoms with Crippen molar-refractivity contribution >= 4 is 29.9 Å². The van der Waals surface area contributed by atoms with Gasteiger partial charge < -0.3 is 15.4 Å². The number of benzene rings is 1. The van der Waals surface area contributed by atoms with Gasteiger partial charge in [0.25, 0.3) is 0 Å². The monoisotopic (exact) mass is 458 g/mol. The molecule has 0 saturated carbocycles. The van der Waals surface area contributed by atoms with Crippen LogP contribution >= 0.6 is 24.0 Å². The zero-order valence-corrected chi connectivity index (χ0v) is 17.3. The number of likely N-dealkylation sites (tertiary alicyclic amines) is 1. The minimum Gasteiger partial charge on any atom is -0.378 e. The number of aliphatic imine (C=N–C) groups is 1. The van der Waals surface area contributed by atoms with E-state index in [1.165, 1.54) is 5.56 Å². The SMILES string of the molecule is I.c1ccc(CN2CCC(OCCCNC3=NCCCN3)CC2)cc1. The molecule has 0 atom stereocenters. The number of rotatable bonds is 7. The topological polar surface area (TPSA) is 48.9 Å². The summed E-state index contributed by atoms with van der Waals surface area (Å²) < 4.78 is 6.04. The number of piperidine rings is 1. The van der Waals surface area contributed by atoms with Gasteiger partial charge in [-0.05, 0) is 31.2 Å². The molecule has 140 valence electrons. The molecular weight excluding hydrogens is 427 g/mol. The molecule has 0 amide bonds. The van der Waals surface area contributed by atoms with Crippen LogP contribution < -0.4 is 10.6 Å². The third-order valence-electron chi connectivity index (χ3n) is 4.65. The molecule has 1 aromatic carbocycles. The van der Waals surface area contributed by atoms with Crippen molar-refractivity contribution in [2.45, 2.75) is 38.3 Å². The lowest BCUT2D eigenvalue weighted by molar-refractivity contribution is 0.00534. The van der Waals surface area contributed by atoms with Gasteiger partial charge in [-0.15, -0.1) is 24.0 Å². The standard InChI is InChI=1S/C19H30N4O.HI/c1-2-6-17(7-3-1)16-23-13-8-18(9-14-23)24-15-5-12-22-19-20-10-4-11-21-19;/h1-3,6-7,18H,4-5,8-16H2,(H2,20,21,22);1H. The molecule has 0 spiro atoms. The number of guanidine groups is 1. The van der Waals surface area contributed by atoms with Crippen LogP contribution in [0.4, 0.5) is 0 Å². The number of nitrogens with one attached hydrogen (secondary N) is 2. The predicted octanol–water partition coefficient (Wildman–Crippen LogP) is 2.61. The average Bonchev–Trinajstić information content (AvgIpc) is 2.65. The first kappa shape index (κ1) is 20.5. The molecule has 0 aromatic heterocycles. The Morgan fingerprint density at radius 2 is 2.00 bits per heavy atom. The highest BCUT2D eigenvalue weighted by molar-refractivity contribution is 14.0. The Balaban J connectivity index is 0.00000225. The van der Waals surface area contributed by atoms with Gasteiger partial charge in [0, 0.05) is 45.9 Å². The maximum atomic E-state index is 6.04. The summed E-state index contributed by atoms with van der Waals surface area (Å²) in [4.78, 5) is 6.94. The van der Waals surface area contributed by atoms with Gasteiger partial charge in [0.2, 0.25) is 0 Å². The van der Waals surface area contributed by atoms with Crippen molar-refractivity contribution in [2.24, 2.45) is 4.99 Å². The Morgan fingerprint density at radius 3 is 2.72 bits per heavy atom. The molecule has 6 heteroatoms. The van der Waals surface area contributed by atoms with Crippen LogP contribution in [0.15, 0.2) is 35.3 Å². The molecule has 2 aliphatic heterocycles. The van der Waals surface area contributed by atoms with Gasteiger partial charge in [-0.25, -0.2) is 0 Å². The Labute approximate surface area is 168 Å². The van der Waals surface area contributed by atoms with E-state index in [-0.39, 0.29) is 24.0 Å². The van der Waals surface area contributed by atoms with Crippen LogP contribution in [0.25, 0.3) is 0 Å². The van der Waals surface area contributed by atoms with Crippen LogP contribution in [0.5, 0.6) is 0 Å². The van der Waals surface area contributed by atoms with Crippen LogP contribution in [0.3, 0.4) is 0 Å². The van der Waals surface area contributed by atoms with E-state index in [9.17, 15) is 0 Å².